The Morgan fingerprint density at radius 1 is 1.58 bits per heavy atom. The van der Waals surface area contributed by atoms with Gasteiger partial charge in [0, 0.05) is 24.8 Å². The molecule has 1 aliphatic rings. The van der Waals surface area contributed by atoms with Crippen LogP contribution in [0, 0.1) is 0 Å². The van der Waals surface area contributed by atoms with Crippen molar-refractivity contribution in [2.45, 2.75) is 25.9 Å². The lowest BCUT2D eigenvalue weighted by Crippen LogP contribution is -2.33. The molecule has 0 unspecified atom stereocenters. The van der Waals surface area contributed by atoms with E-state index in [-0.39, 0.29) is 6.03 Å². The lowest BCUT2D eigenvalue weighted by Gasteiger charge is -2.16. The highest BCUT2D eigenvalue weighted by Crippen LogP contribution is 2.19. The van der Waals surface area contributed by atoms with E-state index in [0.29, 0.717) is 31.8 Å². The van der Waals surface area contributed by atoms with Crippen LogP contribution in [0.2, 0.25) is 0 Å². The third-order valence-corrected chi connectivity index (χ3v) is 3.01. The number of carbonyl (C=O) groups excluding carboxylic acids is 1. The number of β-amino-alcohol motifs (C(OH)–C–C–N with tert-alkyl or cyclic N) is 1. The standard InChI is InChI=1S/C14H20N2O3/c1-2-8-19-13-5-3-4-11(9-13)15-14(18)16-7-6-12(17)10-16/h3-5,9,12,17H,2,6-8,10H2,1H3,(H,15,18)/t12-/m1/s1. The fourth-order valence-electron chi connectivity index (χ4n) is 2.01. The van der Waals surface area contributed by atoms with Gasteiger partial charge in [-0.1, -0.05) is 13.0 Å². The van der Waals surface area contributed by atoms with Gasteiger partial charge in [-0.15, -0.1) is 0 Å². The molecule has 5 heteroatoms. The molecule has 2 amide bonds. The van der Waals surface area contributed by atoms with Gasteiger partial charge in [0.05, 0.1) is 12.7 Å². The summed E-state index contributed by atoms with van der Waals surface area (Å²) >= 11 is 0. The zero-order valence-electron chi connectivity index (χ0n) is 11.1. The second-order valence-electron chi connectivity index (χ2n) is 4.69. The Hall–Kier alpha value is -1.75. The number of urea groups is 1. The first-order chi connectivity index (χ1) is 9.19. The summed E-state index contributed by atoms with van der Waals surface area (Å²) in [6, 6.07) is 7.16. The normalized spacial score (nSPS) is 18.4. The lowest BCUT2D eigenvalue weighted by molar-refractivity contribution is 0.176. The number of hydrogen-bond acceptors (Lipinski definition) is 3. The molecule has 2 rings (SSSR count). The molecule has 1 aliphatic heterocycles. The first-order valence-corrected chi connectivity index (χ1v) is 6.66. The van der Waals surface area contributed by atoms with E-state index in [1.54, 1.807) is 11.0 Å². The molecule has 2 N–H and O–H groups in total. The second-order valence-corrected chi connectivity index (χ2v) is 4.69. The summed E-state index contributed by atoms with van der Waals surface area (Å²) in [7, 11) is 0. The van der Waals surface area contributed by atoms with Crippen molar-refractivity contribution >= 4 is 11.7 Å². The molecule has 1 aromatic carbocycles. The van der Waals surface area contributed by atoms with Crippen LogP contribution in [0.4, 0.5) is 10.5 Å². The number of likely N-dealkylation sites (tertiary alicyclic amines) is 1. The van der Waals surface area contributed by atoms with E-state index in [0.717, 1.165) is 12.2 Å². The van der Waals surface area contributed by atoms with Crippen LogP contribution in [-0.4, -0.2) is 41.8 Å². The number of aliphatic hydroxyl groups is 1. The summed E-state index contributed by atoms with van der Waals surface area (Å²) < 4.78 is 5.52. The molecule has 0 aliphatic carbocycles. The topological polar surface area (TPSA) is 61.8 Å². The van der Waals surface area contributed by atoms with E-state index in [9.17, 15) is 9.90 Å². The van der Waals surface area contributed by atoms with Gasteiger partial charge < -0.3 is 20.1 Å². The largest absolute Gasteiger partial charge is 0.494 e. The molecule has 0 aromatic heterocycles. The van der Waals surface area contributed by atoms with Gasteiger partial charge in [-0.05, 0) is 25.0 Å². The average molecular weight is 264 g/mol. The van der Waals surface area contributed by atoms with Gasteiger partial charge >= 0.3 is 6.03 Å². The number of amides is 2. The molecule has 1 saturated heterocycles. The van der Waals surface area contributed by atoms with E-state index >= 15 is 0 Å². The molecule has 0 radical (unpaired) electrons. The summed E-state index contributed by atoms with van der Waals surface area (Å²) in [6.07, 6.45) is 1.19. The number of nitrogens with one attached hydrogen (secondary N) is 1. The zero-order valence-corrected chi connectivity index (χ0v) is 11.1. The zero-order chi connectivity index (χ0) is 13.7. The number of nitrogens with zero attached hydrogens (tertiary/aromatic N) is 1. The van der Waals surface area contributed by atoms with Crippen molar-refractivity contribution in [1.29, 1.82) is 0 Å². The summed E-state index contributed by atoms with van der Waals surface area (Å²) in [6.45, 7) is 3.71. The number of hydrogen-bond donors (Lipinski definition) is 2. The van der Waals surface area contributed by atoms with E-state index in [4.69, 9.17) is 4.74 Å². The van der Waals surface area contributed by atoms with Crippen LogP contribution in [0.3, 0.4) is 0 Å². The Kier molecular flexibility index (Phi) is 4.63. The van der Waals surface area contributed by atoms with E-state index in [1.165, 1.54) is 0 Å². The van der Waals surface area contributed by atoms with Gasteiger partial charge in [0.2, 0.25) is 0 Å². The molecule has 19 heavy (non-hydrogen) atoms. The van der Waals surface area contributed by atoms with Crippen molar-refractivity contribution < 1.29 is 14.6 Å². The van der Waals surface area contributed by atoms with Crippen LogP contribution >= 0.6 is 0 Å². The van der Waals surface area contributed by atoms with E-state index in [1.807, 2.05) is 25.1 Å². The summed E-state index contributed by atoms with van der Waals surface area (Å²) in [5.74, 6) is 0.751. The number of aliphatic hydroxyl groups excluding tert-OH is 1. The van der Waals surface area contributed by atoms with Crippen LogP contribution < -0.4 is 10.1 Å². The monoisotopic (exact) mass is 264 g/mol. The number of ether oxygens (including phenoxy) is 1. The molecule has 1 atom stereocenters. The Labute approximate surface area is 113 Å². The third kappa shape index (κ3) is 3.86. The predicted molar refractivity (Wildman–Crippen MR) is 73.4 cm³/mol. The van der Waals surface area contributed by atoms with Gasteiger partial charge in [0.15, 0.2) is 0 Å². The fraction of sp³-hybridized carbons (Fsp3) is 0.500. The first-order valence-electron chi connectivity index (χ1n) is 6.66. The molecule has 104 valence electrons. The third-order valence-electron chi connectivity index (χ3n) is 3.01. The second kappa shape index (κ2) is 6.43. The Morgan fingerprint density at radius 2 is 2.42 bits per heavy atom. The minimum absolute atomic E-state index is 0.177. The summed E-state index contributed by atoms with van der Waals surface area (Å²) in [5.41, 5.74) is 0.708. The number of benzene rings is 1. The van der Waals surface area contributed by atoms with Gasteiger partial charge in [-0.3, -0.25) is 0 Å². The Balaban J connectivity index is 1.93. The van der Waals surface area contributed by atoms with Crippen LogP contribution in [0.5, 0.6) is 5.75 Å². The van der Waals surface area contributed by atoms with Crippen LogP contribution in [0.25, 0.3) is 0 Å². The Bertz CT molecular complexity index is 436. The Morgan fingerprint density at radius 3 is 3.11 bits per heavy atom. The SMILES string of the molecule is CCCOc1cccc(NC(=O)N2CC[C@@H](O)C2)c1. The van der Waals surface area contributed by atoms with E-state index in [2.05, 4.69) is 5.32 Å². The number of anilines is 1. The van der Waals surface area contributed by atoms with Crippen molar-refractivity contribution in [3.8, 4) is 5.75 Å². The maximum absolute atomic E-state index is 11.9. The maximum Gasteiger partial charge on any atom is 0.321 e. The number of carbonyl (C=O) groups is 1. The van der Waals surface area contributed by atoms with Crippen molar-refractivity contribution in [3.05, 3.63) is 24.3 Å². The van der Waals surface area contributed by atoms with Crippen LogP contribution in [0.1, 0.15) is 19.8 Å². The van der Waals surface area contributed by atoms with Crippen molar-refractivity contribution in [2.75, 3.05) is 25.0 Å². The summed E-state index contributed by atoms with van der Waals surface area (Å²) in [4.78, 5) is 13.6. The van der Waals surface area contributed by atoms with Crippen LogP contribution in [0.15, 0.2) is 24.3 Å². The predicted octanol–water partition coefficient (Wildman–Crippen LogP) is 2.07. The average Bonchev–Trinajstić information content (AvgIpc) is 2.83. The molecule has 0 spiro atoms. The quantitative estimate of drug-likeness (QED) is 0.875. The van der Waals surface area contributed by atoms with Gasteiger partial charge in [-0.25, -0.2) is 4.79 Å². The van der Waals surface area contributed by atoms with Gasteiger partial charge in [0.25, 0.3) is 0 Å². The lowest BCUT2D eigenvalue weighted by atomic mass is 10.3. The highest BCUT2D eigenvalue weighted by Gasteiger charge is 2.24. The maximum atomic E-state index is 11.9. The highest BCUT2D eigenvalue weighted by atomic mass is 16.5. The van der Waals surface area contributed by atoms with Gasteiger partial charge in [-0.2, -0.15) is 0 Å². The molecule has 1 heterocycles. The minimum atomic E-state index is -0.398. The molecule has 1 aromatic rings. The molecular formula is C14H20N2O3. The molecule has 0 bridgehead atoms. The van der Waals surface area contributed by atoms with Crippen molar-refractivity contribution in [3.63, 3.8) is 0 Å². The highest BCUT2D eigenvalue weighted by molar-refractivity contribution is 5.89. The number of rotatable bonds is 4. The van der Waals surface area contributed by atoms with Gasteiger partial charge in [0.1, 0.15) is 5.75 Å². The van der Waals surface area contributed by atoms with Crippen molar-refractivity contribution in [2.24, 2.45) is 0 Å². The first kappa shape index (κ1) is 13.7. The van der Waals surface area contributed by atoms with Crippen molar-refractivity contribution in [1.82, 2.24) is 4.90 Å². The molecule has 0 saturated carbocycles. The van der Waals surface area contributed by atoms with E-state index < -0.39 is 6.10 Å². The molecular weight excluding hydrogens is 244 g/mol. The molecule has 5 nitrogen and oxygen atoms in total. The fourth-order valence-corrected chi connectivity index (χ4v) is 2.01. The smallest absolute Gasteiger partial charge is 0.321 e. The molecule has 1 fully saturated rings. The van der Waals surface area contributed by atoms with Crippen LogP contribution in [-0.2, 0) is 0 Å². The summed E-state index contributed by atoms with van der Waals surface area (Å²) in [5, 5.41) is 12.2. The minimum Gasteiger partial charge on any atom is -0.494 e.